The first-order valence-electron chi connectivity index (χ1n) is 5.73. The van der Waals surface area contributed by atoms with Crippen molar-refractivity contribution in [3.8, 4) is 0 Å². The highest BCUT2D eigenvalue weighted by molar-refractivity contribution is 7.16. The Hall–Kier alpha value is -2.34. The van der Waals surface area contributed by atoms with Gasteiger partial charge in [-0.25, -0.2) is 13.8 Å². The summed E-state index contributed by atoms with van der Waals surface area (Å²) in [5, 5.41) is 2.63. The van der Waals surface area contributed by atoms with Crippen LogP contribution in [0.1, 0.15) is 10.4 Å². The Morgan fingerprint density at radius 1 is 1.25 bits per heavy atom. The number of benzene rings is 2. The molecule has 3 rings (SSSR count). The topological polar surface area (TPSA) is 42.0 Å². The molecule has 1 N–H and O–H groups in total. The highest BCUT2D eigenvalue weighted by Gasteiger charge is 2.16. The monoisotopic (exact) mass is 290 g/mol. The van der Waals surface area contributed by atoms with E-state index in [1.54, 1.807) is 6.07 Å². The number of aromatic nitrogens is 1. The minimum atomic E-state index is -0.658. The zero-order valence-corrected chi connectivity index (χ0v) is 10.9. The molecular weight excluding hydrogens is 282 g/mol. The van der Waals surface area contributed by atoms with Gasteiger partial charge in [-0.2, -0.15) is 0 Å². The SMILES string of the molecule is O=Cc1cc2scnc2c(F)c1Nc1ccccc1F. The van der Waals surface area contributed by atoms with Crippen molar-refractivity contribution in [3.05, 3.63) is 53.0 Å². The Labute approximate surface area is 116 Å². The quantitative estimate of drug-likeness (QED) is 0.737. The molecule has 0 atom stereocenters. The molecule has 1 aromatic heterocycles. The van der Waals surface area contributed by atoms with Gasteiger partial charge < -0.3 is 5.32 Å². The van der Waals surface area contributed by atoms with Crippen LogP contribution in [-0.2, 0) is 0 Å². The van der Waals surface area contributed by atoms with E-state index in [9.17, 15) is 13.6 Å². The van der Waals surface area contributed by atoms with E-state index in [0.29, 0.717) is 11.0 Å². The summed E-state index contributed by atoms with van der Waals surface area (Å²) >= 11 is 1.24. The number of thiazole rings is 1. The maximum Gasteiger partial charge on any atom is 0.174 e. The Kier molecular flexibility index (Phi) is 3.15. The summed E-state index contributed by atoms with van der Waals surface area (Å²) in [4.78, 5) is 15.0. The van der Waals surface area contributed by atoms with E-state index in [1.165, 1.54) is 41.1 Å². The lowest BCUT2D eigenvalue weighted by Gasteiger charge is -2.11. The Balaban J connectivity index is 2.17. The van der Waals surface area contributed by atoms with Gasteiger partial charge >= 0.3 is 0 Å². The van der Waals surface area contributed by atoms with Crippen molar-refractivity contribution in [2.75, 3.05) is 5.32 Å². The molecule has 3 nitrogen and oxygen atoms in total. The second-order valence-electron chi connectivity index (χ2n) is 4.08. The first-order valence-corrected chi connectivity index (χ1v) is 6.61. The third kappa shape index (κ3) is 2.04. The summed E-state index contributed by atoms with van der Waals surface area (Å²) in [7, 11) is 0. The number of hydrogen-bond donors (Lipinski definition) is 1. The summed E-state index contributed by atoms with van der Waals surface area (Å²) in [6.45, 7) is 0. The number of nitrogens with one attached hydrogen (secondary N) is 1. The second kappa shape index (κ2) is 4.97. The molecule has 20 heavy (non-hydrogen) atoms. The smallest absolute Gasteiger partial charge is 0.174 e. The van der Waals surface area contributed by atoms with Crippen molar-refractivity contribution < 1.29 is 13.6 Å². The summed E-state index contributed by atoms with van der Waals surface area (Å²) in [6.07, 6.45) is 0.533. The van der Waals surface area contributed by atoms with Gasteiger partial charge in [0.25, 0.3) is 0 Å². The standard InChI is InChI=1S/C14H8F2N2OS/c15-9-3-1-2-4-10(9)18-13-8(6-19)5-11-14(12(13)16)17-7-20-11/h1-7,18H. The lowest BCUT2D eigenvalue weighted by molar-refractivity contribution is 0.112. The molecule has 0 fully saturated rings. The summed E-state index contributed by atoms with van der Waals surface area (Å²) in [5.41, 5.74) is 1.82. The van der Waals surface area contributed by atoms with Gasteiger partial charge in [-0.3, -0.25) is 4.79 Å². The molecule has 0 aliphatic carbocycles. The average Bonchev–Trinajstić information content (AvgIpc) is 2.92. The predicted octanol–water partition coefficient (Wildman–Crippen LogP) is 4.13. The van der Waals surface area contributed by atoms with Gasteiger partial charge in [0.05, 0.1) is 21.6 Å². The number of fused-ring (bicyclic) bond motifs is 1. The summed E-state index contributed by atoms with van der Waals surface area (Å²) in [6, 6.07) is 7.40. The van der Waals surface area contributed by atoms with Crippen molar-refractivity contribution in [2.45, 2.75) is 0 Å². The molecule has 6 heteroatoms. The lowest BCUT2D eigenvalue weighted by atomic mass is 10.1. The molecule has 0 bridgehead atoms. The van der Waals surface area contributed by atoms with Gasteiger partial charge in [0.1, 0.15) is 11.3 Å². The van der Waals surface area contributed by atoms with Crippen LogP contribution in [0.4, 0.5) is 20.2 Å². The first-order chi connectivity index (χ1) is 9.70. The predicted molar refractivity (Wildman–Crippen MR) is 74.6 cm³/mol. The normalized spacial score (nSPS) is 10.7. The van der Waals surface area contributed by atoms with Gasteiger partial charge in [-0.1, -0.05) is 12.1 Å². The highest BCUT2D eigenvalue weighted by Crippen LogP contribution is 2.32. The second-order valence-corrected chi connectivity index (χ2v) is 4.96. The van der Waals surface area contributed by atoms with Crippen LogP contribution >= 0.6 is 11.3 Å². The average molecular weight is 290 g/mol. The van der Waals surface area contributed by atoms with Gasteiger partial charge in [-0.05, 0) is 18.2 Å². The molecule has 0 saturated heterocycles. The van der Waals surface area contributed by atoms with Crippen LogP contribution in [0.15, 0.2) is 35.8 Å². The fraction of sp³-hybridized carbons (Fsp3) is 0. The fourth-order valence-electron chi connectivity index (χ4n) is 1.90. The molecule has 1 heterocycles. The van der Waals surface area contributed by atoms with Crippen LogP contribution in [-0.4, -0.2) is 11.3 Å². The van der Waals surface area contributed by atoms with Gasteiger partial charge in [0.15, 0.2) is 12.1 Å². The Morgan fingerprint density at radius 2 is 2.05 bits per heavy atom. The van der Waals surface area contributed by atoms with Crippen molar-refractivity contribution >= 4 is 39.2 Å². The number of aldehydes is 1. The Morgan fingerprint density at radius 3 is 2.80 bits per heavy atom. The maximum atomic E-state index is 14.4. The minimum absolute atomic E-state index is 0.0662. The molecule has 0 saturated carbocycles. The zero-order chi connectivity index (χ0) is 14.1. The number of carbonyl (C=O) groups excluding carboxylic acids is 1. The fourth-order valence-corrected chi connectivity index (χ4v) is 2.62. The van der Waals surface area contributed by atoms with Crippen LogP contribution in [0.3, 0.4) is 0 Å². The molecule has 0 spiro atoms. The van der Waals surface area contributed by atoms with Crippen LogP contribution in [0.5, 0.6) is 0 Å². The molecule has 2 aromatic carbocycles. The number of anilines is 2. The molecule has 0 aliphatic rings. The molecular formula is C14H8F2N2OS. The van der Waals surface area contributed by atoms with E-state index in [2.05, 4.69) is 10.3 Å². The summed E-state index contributed by atoms with van der Waals surface area (Å²) < 4.78 is 28.6. The molecule has 0 amide bonds. The lowest BCUT2D eigenvalue weighted by Crippen LogP contribution is -2.01. The van der Waals surface area contributed by atoms with E-state index in [-0.39, 0.29) is 22.5 Å². The molecule has 3 aromatic rings. The maximum absolute atomic E-state index is 14.4. The number of para-hydroxylation sites is 1. The van der Waals surface area contributed by atoms with Crippen LogP contribution in [0, 0.1) is 11.6 Å². The number of nitrogens with zero attached hydrogens (tertiary/aromatic N) is 1. The number of hydrogen-bond acceptors (Lipinski definition) is 4. The van der Waals surface area contributed by atoms with E-state index in [0.717, 1.165) is 0 Å². The van der Waals surface area contributed by atoms with Gasteiger partial charge in [-0.15, -0.1) is 11.3 Å². The third-order valence-electron chi connectivity index (χ3n) is 2.86. The zero-order valence-electron chi connectivity index (χ0n) is 10.1. The summed E-state index contributed by atoms with van der Waals surface area (Å²) in [5.74, 6) is -1.18. The molecule has 0 aliphatic heterocycles. The van der Waals surface area contributed by atoms with Gasteiger partial charge in [0, 0.05) is 5.56 Å². The van der Waals surface area contributed by atoms with Crippen molar-refractivity contribution in [2.24, 2.45) is 0 Å². The minimum Gasteiger partial charge on any atom is -0.350 e. The van der Waals surface area contributed by atoms with Crippen molar-refractivity contribution in [3.63, 3.8) is 0 Å². The number of carbonyl (C=O) groups is 1. The van der Waals surface area contributed by atoms with Crippen LogP contribution in [0.25, 0.3) is 10.2 Å². The third-order valence-corrected chi connectivity index (χ3v) is 3.63. The van der Waals surface area contributed by atoms with E-state index >= 15 is 0 Å². The number of halogens is 2. The number of rotatable bonds is 3. The van der Waals surface area contributed by atoms with Crippen LogP contribution in [0.2, 0.25) is 0 Å². The van der Waals surface area contributed by atoms with Crippen LogP contribution < -0.4 is 5.32 Å². The first kappa shape index (κ1) is 12.7. The molecule has 100 valence electrons. The van der Waals surface area contributed by atoms with Gasteiger partial charge in [0.2, 0.25) is 0 Å². The molecule has 0 radical (unpaired) electrons. The Bertz CT molecular complexity index is 801. The van der Waals surface area contributed by atoms with Crippen molar-refractivity contribution in [1.29, 1.82) is 0 Å². The van der Waals surface area contributed by atoms with E-state index in [1.807, 2.05) is 0 Å². The van der Waals surface area contributed by atoms with Crippen molar-refractivity contribution in [1.82, 2.24) is 4.98 Å². The highest BCUT2D eigenvalue weighted by atomic mass is 32.1. The van der Waals surface area contributed by atoms with E-state index < -0.39 is 11.6 Å². The van der Waals surface area contributed by atoms with E-state index in [4.69, 9.17) is 0 Å². The molecule has 0 unspecified atom stereocenters. The largest absolute Gasteiger partial charge is 0.350 e.